The van der Waals surface area contributed by atoms with Gasteiger partial charge < -0.3 is 25.1 Å². The summed E-state index contributed by atoms with van der Waals surface area (Å²) >= 11 is 0. The number of phenolic OH excluding ortho intramolecular Hbond substituents is 1. The van der Waals surface area contributed by atoms with Crippen LogP contribution < -0.4 is 5.32 Å². The molecule has 8 heteroatoms. The molecule has 2 heterocycles. The van der Waals surface area contributed by atoms with Gasteiger partial charge in [0.25, 0.3) is 5.91 Å². The number of aromatic hydroxyl groups is 2. The van der Waals surface area contributed by atoms with Crippen molar-refractivity contribution in [2.24, 2.45) is 12.0 Å². The first-order valence-electron chi connectivity index (χ1n) is 11.0. The normalized spacial score (nSPS) is 11.3. The zero-order valence-corrected chi connectivity index (χ0v) is 18.9. The molecule has 174 valence electrons. The van der Waals surface area contributed by atoms with Crippen LogP contribution in [0.3, 0.4) is 0 Å². The highest BCUT2D eigenvalue weighted by molar-refractivity contribution is 6.03. The van der Waals surface area contributed by atoms with E-state index >= 15 is 0 Å². The summed E-state index contributed by atoms with van der Waals surface area (Å²) in [5, 5.41) is 23.7. The van der Waals surface area contributed by atoms with E-state index in [1.807, 2.05) is 42.5 Å². The number of carbonyl (C=O) groups excluding carboxylic acids is 1. The third-order valence-electron chi connectivity index (χ3n) is 5.70. The molecular formula is C27H23N5O3. The quantitative estimate of drug-likeness (QED) is 0.267. The van der Waals surface area contributed by atoms with Crippen LogP contribution in [0.25, 0.3) is 10.9 Å². The molecule has 0 saturated carbocycles. The third-order valence-corrected chi connectivity index (χ3v) is 5.70. The van der Waals surface area contributed by atoms with Gasteiger partial charge in [-0.1, -0.05) is 24.3 Å². The number of hydrogen-bond acceptors (Lipinski definition) is 5. The zero-order chi connectivity index (χ0) is 24.4. The Hall–Kier alpha value is -4.85. The number of nitrogens with one attached hydrogen (secondary N) is 2. The van der Waals surface area contributed by atoms with Crippen molar-refractivity contribution in [3.05, 3.63) is 102 Å². The van der Waals surface area contributed by atoms with Gasteiger partial charge in [0.1, 0.15) is 5.75 Å². The third kappa shape index (κ3) is 4.77. The molecule has 2 aromatic heterocycles. The van der Waals surface area contributed by atoms with Crippen molar-refractivity contribution in [2.75, 3.05) is 5.32 Å². The molecule has 5 aromatic rings. The van der Waals surface area contributed by atoms with Crippen LogP contribution in [-0.2, 0) is 13.5 Å². The highest BCUT2D eigenvalue weighted by atomic mass is 16.3. The van der Waals surface area contributed by atoms with E-state index in [2.05, 4.69) is 20.3 Å². The summed E-state index contributed by atoms with van der Waals surface area (Å²) in [5.74, 6) is 0.254. The van der Waals surface area contributed by atoms with E-state index in [-0.39, 0.29) is 17.5 Å². The molecule has 0 fully saturated rings. The van der Waals surface area contributed by atoms with Gasteiger partial charge in [-0.15, -0.1) is 0 Å². The van der Waals surface area contributed by atoms with E-state index < -0.39 is 0 Å². The Morgan fingerprint density at radius 2 is 1.89 bits per heavy atom. The minimum Gasteiger partial charge on any atom is -0.508 e. The SMILES string of the molecule is Cn1ccnc1C(=O)Nc1ccc(Cc2ccc3[nH]c(O)c(C=Nc4cccc(O)c4)c3c2)cc1. The van der Waals surface area contributed by atoms with Crippen LogP contribution in [-0.4, -0.2) is 36.9 Å². The largest absolute Gasteiger partial charge is 0.508 e. The van der Waals surface area contributed by atoms with Gasteiger partial charge in [0.15, 0.2) is 11.7 Å². The van der Waals surface area contributed by atoms with Gasteiger partial charge in [0, 0.05) is 48.3 Å². The van der Waals surface area contributed by atoms with Gasteiger partial charge >= 0.3 is 0 Å². The predicted octanol–water partition coefficient (Wildman–Crippen LogP) is 4.91. The van der Waals surface area contributed by atoms with Crippen molar-refractivity contribution < 1.29 is 15.0 Å². The zero-order valence-electron chi connectivity index (χ0n) is 18.9. The van der Waals surface area contributed by atoms with Crippen molar-refractivity contribution in [3.8, 4) is 11.6 Å². The van der Waals surface area contributed by atoms with Gasteiger partial charge in [0.05, 0.1) is 11.3 Å². The number of nitrogens with zero attached hydrogens (tertiary/aromatic N) is 3. The molecule has 0 radical (unpaired) electrons. The van der Waals surface area contributed by atoms with Gasteiger partial charge in [-0.25, -0.2) is 4.98 Å². The fraction of sp³-hybridized carbons (Fsp3) is 0.0741. The average molecular weight is 466 g/mol. The number of rotatable bonds is 6. The van der Waals surface area contributed by atoms with E-state index in [9.17, 15) is 15.0 Å². The first kappa shape index (κ1) is 22.0. The molecule has 35 heavy (non-hydrogen) atoms. The topological polar surface area (TPSA) is 116 Å². The molecule has 0 spiro atoms. The number of aromatic nitrogens is 3. The Morgan fingerprint density at radius 3 is 2.63 bits per heavy atom. The minimum atomic E-state index is -0.261. The number of carbonyl (C=O) groups is 1. The molecule has 0 atom stereocenters. The van der Waals surface area contributed by atoms with E-state index in [0.29, 0.717) is 29.2 Å². The number of aryl methyl sites for hydroxylation is 1. The molecule has 0 aliphatic rings. The van der Waals surface area contributed by atoms with Gasteiger partial charge in [-0.3, -0.25) is 9.79 Å². The smallest absolute Gasteiger partial charge is 0.291 e. The van der Waals surface area contributed by atoms with Crippen molar-refractivity contribution in [1.29, 1.82) is 0 Å². The summed E-state index contributed by atoms with van der Waals surface area (Å²) < 4.78 is 1.67. The van der Waals surface area contributed by atoms with Crippen LogP contribution >= 0.6 is 0 Å². The van der Waals surface area contributed by atoms with Crippen LogP contribution in [0.2, 0.25) is 0 Å². The predicted molar refractivity (Wildman–Crippen MR) is 136 cm³/mol. The van der Waals surface area contributed by atoms with Gasteiger partial charge in [-0.2, -0.15) is 0 Å². The molecule has 0 aliphatic carbocycles. The Balaban J connectivity index is 1.33. The van der Waals surface area contributed by atoms with Gasteiger partial charge in [-0.05, 0) is 53.9 Å². The summed E-state index contributed by atoms with van der Waals surface area (Å²) in [7, 11) is 1.77. The number of aromatic amines is 1. The van der Waals surface area contributed by atoms with Crippen LogP contribution in [0.5, 0.6) is 11.6 Å². The van der Waals surface area contributed by atoms with E-state index in [0.717, 1.165) is 22.0 Å². The van der Waals surface area contributed by atoms with Crippen molar-refractivity contribution in [3.63, 3.8) is 0 Å². The lowest BCUT2D eigenvalue weighted by atomic mass is 10.0. The minimum absolute atomic E-state index is 0.0360. The number of benzene rings is 3. The first-order chi connectivity index (χ1) is 17.0. The highest BCUT2D eigenvalue weighted by Crippen LogP contribution is 2.28. The van der Waals surface area contributed by atoms with E-state index in [1.165, 1.54) is 0 Å². The van der Waals surface area contributed by atoms with Crippen LogP contribution in [0.15, 0.2) is 84.1 Å². The number of imidazole rings is 1. The molecule has 0 unspecified atom stereocenters. The molecule has 5 rings (SSSR count). The molecule has 0 bridgehead atoms. The standard InChI is InChI=1S/C27H23N5O3/c1-32-12-11-28-25(32)27(35)30-19-8-5-17(6-9-19)13-18-7-10-24-22(14-18)23(26(34)31-24)16-29-20-3-2-4-21(33)15-20/h2-12,14-16,31,33-34H,13H2,1H3,(H,30,35). The summed E-state index contributed by atoms with van der Waals surface area (Å²) in [5.41, 5.74) is 4.80. The van der Waals surface area contributed by atoms with Crippen LogP contribution in [0.1, 0.15) is 27.3 Å². The average Bonchev–Trinajstić information content (AvgIpc) is 3.41. The van der Waals surface area contributed by atoms with Crippen LogP contribution in [0, 0.1) is 0 Å². The number of fused-ring (bicyclic) bond motifs is 1. The molecular weight excluding hydrogens is 442 g/mol. The van der Waals surface area contributed by atoms with E-state index in [4.69, 9.17) is 0 Å². The number of anilines is 1. The lowest BCUT2D eigenvalue weighted by molar-refractivity contribution is 0.101. The fourth-order valence-electron chi connectivity index (χ4n) is 3.91. The summed E-state index contributed by atoms with van der Waals surface area (Å²) in [6.45, 7) is 0. The van der Waals surface area contributed by atoms with Crippen LogP contribution in [0.4, 0.5) is 11.4 Å². The van der Waals surface area contributed by atoms with Crippen molar-refractivity contribution in [2.45, 2.75) is 6.42 Å². The molecule has 0 saturated heterocycles. The number of phenols is 1. The van der Waals surface area contributed by atoms with E-state index in [1.54, 1.807) is 54.5 Å². The number of aliphatic imine (C=N–C) groups is 1. The lowest BCUT2D eigenvalue weighted by Gasteiger charge is -2.07. The monoisotopic (exact) mass is 465 g/mol. The first-order valence-corrected chi connectivity index (χ1v) is 11.0. The van der Waals surface area contributed by atoms with Gasteiger partial charge in [0.2, 0.25) is 0 Å². The second-order valence-corrected chi connectivity index (χ2v) is 8.23. The summed E-state index contributed by atoms with van der Waals surface area (Å²) in [6.07, 6.45) is 5.58. The second kappa shape index (κ2) is 9.18. The second-order valence-electron chi connectivity index (χ2n) is 8.23. The summed E-state index contributed by atoms with van der Waals surface area (Å²) in [6, 6.07) is 20.2. The number of amides is 1. The molecule has 0 aliphatic heterocycles. The molecule has 4 N–H and O–H groups in total. The van der Waals surface area contributed by atoms with Crippen molar-refractivity contribution >= 4 is 34.4 Å². The molecule has 8 nitrogen and oxygen atoms in total. The maximum atomic E-state index is 12.3. The fourth-order valence-corrected chi connectivity index (χ4v) is 3.91. The lowest BCUT2D eigenvalue weighted by Crippen LogP contribution is -2.16. The maximum Gasteiger partial charge on any atom is 0.291 e. The Labute approximate surface area is 201 Å². The Kier molecular flexibility index (Phi) is 5.76. The number of hydrogen-bond donors (Lipinski definition) is 4. The maximum absolute atomic E-state index is 12.3. The van der Waals surface area contributed by atoms with Crippen molar-refractivity contribution in [1.82, 2.24) is 14.5 Å². The molecule has 3 aromatic carbocycles. The highest BCUT2D eigenvalue weighted by Gasteiger charge is 2.12. The summed E-state index contributed by atoms with van der Waals surface area (Å²) in [4.78, 5) is 23.8. The molecule has 1 amide bonds. The Bertz CT molecular complexity index is 1550. The number of H-pyrrole nitrogens is 1. The Morgan fingerprint density at radius 1 is 1.09 bits per heavy atom.